The van der Waals surface area contributed by atoms with E-state index in [1.165, 1.54) is 6.92 Å². The van der Waals surface area contributed by atoms with Gasteiger partial charge in [-0.25, -0.2) is 9.59 Å². The van der Waals surface area contributed by atoms with E-state index in [1.807, 2.05) is 19.2 Å². The number of urea groups is 2. The lowest BCUT2D eigenvalue weighted by atomic mass is 9.92. The summed E-state index contributed by atoms with van der Waals surface area (Å²) in [5.74, 6) is -2.18. The highest BCUT2D eigenvalue weighted by atomic mass is 16.5. The number of benzene rings is 1. The van der Waals surface area contributed by atoms with Crippen LogP contribution in [-0.2, 0) is 24.7 Å². The second kappa shape index (κ2) is 9.18. The third-order valence-corrected chi connectivity index (χ3v) is 4.20. The van der Waals surface area contributed by atoms with E-state index >= 15 is 0 Å². The first-order valence-corrected chi connectivity index (χ1v) is 9.06. The molecule has 0 unspecified atom stereocenters. The molecule has 1 saturated heterocycles. The number of amides is 6. The van der Waals surface area contributed by atoms with Gasteiger partial charge in [-0.15, -0.1) is 0 Å². The third-order valence-electron chi connectivity index (χ3n) is 4.20. The lowest BCUT2D eigenvalue weighted by Crippen LogP contribution is -2.43. The Kier molecular flexibility index (Phi) is 6.92. The van der Waals surface area contributed by atoms with E-state index in [4.69, 9.17) is 4.74 Å². The Morgan fingerprint density at radius 1 is 1.17 bits per heavy atom. The van der Waals surface area contributed by atoms with Crippen molar-refractivity contribution in [3.8, 4) is 0 Å². The fraction of sp³-hybridized carbons (Fsp3) is 0.421. The Morgan fingerprint density at radius 2 is 1.83 bits per heavy atom. The van der Waals surface area contributed by atoms with Crippen LogP contribution in [0.2, 0.25) is 0 Å². The average Bonchev–Trinajstić information content (AvgIpc) is 2.89. The second-order valence-corrected chi connectivity index (χ2v) is 7.13. The van der Waals surface area contributed by atoms with Crippen LogP contribution in [0.1, 0.15) is 26.3 Å². The van der Waals surface area contributed by atoms with Gasteiger partial charge in [0, 0.05) is 6.54 Å². The maximum absolute atomic E-state index is 12.7. The van der Waals surface area contributed by atoms with Crippen LogP contribution >= 0.6 is 0 Å². The molecule has 1 aromatic carbocycles. The molecule has 1 fully saturated rings. The fourth-order valence-corrected chi connectivity index (χ4v) is 2.63. The van der Waals surface area contributed by atoms with Gasteiger partial charge >= 0.3 is 18.0 Å². The van der Waals surface area contributed by atoms with Crippen molar-refractivity contribution >= 4 is 29.8 Å². The minimum atomic E-state index is -1.30. The fourth-order valence-electron chi connectivity index (χ4n) is 2.63. The Bertz CT molecular complexity index is 810. The monoisotopic (exact) mass is 404 g/mol. The van der Waals surface area contributed by atoms with Crippen LogP contribution in [0.4, 0.5) is 9.59 Å². The summed E-state index contributed by atoms with van der Waals surface area (Å²) in [5, 5.41) is 7.05. The lowest BCUT2D eigenvalue weighted by molar-refractivity contribution is -0.150. The summed E-state index contributed by atoms with van der Waals surface area (Å²) in [6.45, 7) is 4.33. The number of ether oxygens (including phenoxy) is 1. The van der Waals surface area contributed by atoms with Gasteiger partial charge in [-0.05, 0) is 18.4 Å². The van der Waals surface area contributed by atoms with Gasteiger partial charge in [-0.1, -0.05) is 44.2 Å². The second-order valence-electron chi connectivity index (χ2n) is 7.13. The van der Waals surface area contributed by atoms with Crippen molar-refractivity contribution in [2.45, 2.75) is 26.3 Å². The molecular weight excluding hydrogens is 380 g/mol. The van der Waals surface area contributed by atoms with E-state index in [-0.39, 0.29) is 5.92 Å². The molecule has 0 bridgehead atoms. The molecule has 6 amide bonds. The van der Waals surface area contributed by atoms with Gasteiger partial charge in [0.1, 0.15) is 12.1 Å². The highest BCUT2D eigenvalue weighted by Crippen LogP contribution is 2.28. The number of rotatable bonds is 7. The van der Waals surface area contributed by atoms with E-state index in [2.05, 4.69) is 10.6 Å². The van der Waals surface area contributed by atoms with E-state index in [1.54, 1.807) is 30.3 Å². The molecule has 0 aliphatic carbocycles. The van der Waals surface area contributed by atoms with Crippen molar-refractivity contribution in [1.82, 2.24) is 20.9 Å². The van der Waals surface area contributed by atoms with Gasteiger partial charge in [0.05, 0.1) is 0 Å². The Morgan fingerprint density at radius 3 is 2.45 bits per heavy atom. The minimum absolute atomic E-state index is 0.208. The molecule has 3 N–H and O–H groups in total. The Balaban J connectivity index is 1.86. The largest absolute Gasteiger partial charge is 0.454 e. The van der Waals surface area contributed by atoms with Gasteiger partial charge in [0.2, 0.25) is 0 Å². The molecule has 1 aliphatic rings. The van der Waals surface area contributed by atoms with Crippen LogP contribution in [0.15, 0.2) is 30.3 Å². The van der Waals surface area contributed by atoms with E-state index < -0.39 is 48.5 Å². The molecule has 1 aromatic rings. The van der Waals surface area contributed by atoms with Gasteiger partial charge in [-0.2, -0.15) is 0 Å². The number of nitrogens with zero attached hydrogens (tertiary/aromatic N) is 1. The third kappa shape index (κ3) is 5.53. The molecule has 10 heteroatoms. The lowest BCUT2D eigenvalue weighted by Gasteiger charge is -2.21. The number of carbonyl (C=O) groups is 5. The zero-order valence-electron chi connectivity index (χ0n) is 16.5. The molecule has 0 radical (unpaired) electrons. The maximum atomic E-state index is 12.7. The number of imide groups is 2. The molecular formula is C19H24N4O6. The van der Waals surface area contributed by atoms with Crippen molar-refractivity contribution in [3.05, 3.63) is 35.9 Å². The van der Waals surface area contributed by atoms with Crippen LogP contribution in [0.25, 0.3) is 0 Å². The molecule has 1 aliphatic heterocycles. The normalized spacial score (nSPS) is 18.4. The number of hydrogen-bond donors (Lipinski definition) is 3. The van der Waals surface area contributed by atoms with Crippen molar-refractivity contribution in [1.29, 1.82) is 0 Å². The average molecular weight is 404 g/mol. The zero-order valence-corrected chi connectivity index (χ0v) is 16.5. The van der Waals surface area contributed by atoms with Gasteiger partial charge in [0.15, 0.2) is 6.61 Å². The highest BCUT2D eigenvalue weighted by Gasteiger charge is 2.49. The number of hydrogen-bond acceptors (Lipinski definition) is 6. The summed E-state index contributed by atoms with van der Waals surface area (Å²) < 4.78 is 4.76. The van der Waals surface area contributed by atoms with Crippen molar-refractivity contribution in [2.75, 3.05) is 19.7 Å². The molecule has 156 valence electrons. The smallest absolute Gasteiger partial charge is 0.326 e. The van der Waals surface area contributed by atoms with Crippen LogP contribution in [0.3, 0.4) is 0 Å². The van der Waals surface area contributed by atoms with Crippen molar-refractivity contribution in [2.24, 2.45) is 5.92 Å². The predicted octanol–water partition coefficient (Wildman–Crippen LogP) is 0.479. The first-order valence-electron chi connectivity index (χ1n) is 9.06. The van der Waals surface area contributed by atoms with Crippen molar-refractivity contribution in [3.63, 3.8) is 0 Å². The van der Waals surface area contributed by atoms with Crippen LogP contribution in [0, 0.1) is 5.92 Å². The standard InChI is InChI=1S/C19H24N4O6/c1-12(2)9-20-17(27)21-14(24)11-29-15(25)10-23-16(26)19(3,22-18(23)28)13-7-5-4-6-8-13/h4-8,12H,9-11H2,1-3H3,(H,22,28)(H2,20,21,24,27)/t19-/m0/s1. The topological polar surface area (TPSA) is 134 Å². The molecule has 0 saturated carbocycles. The van der Waals surface area contributed by atoms with Crippen molar-refractivity contribution < 1.29 is 28.7 Å². The van der Waals surface area contributed by atoms with Crippen LogP contribution < -0.4 is 16.0 Å². The van der Waals surface area contributed by atoms with Crippen LogP contribution in [-0.4, -0.2) is 54.4 Å². The first-order chi connectivity index (χ1) is 13.6. The summed E-state index contributed by atoms with van der Waals surface area (Å²) in [7, 11) is 0. The Labute approximate surface area is 168 Å². The molecule has 10 nitrogen and oxygen atoms in total. The number of esters is 1. The van der Waals surface area contributed by atoms with E-state index in [9.17, 15) is 24.0 Å². The quantitative estimate of drug-likeness (QED) is 0.447. The highest BCUT2D eigenvalue weighted by molar-refractivity contribution is 6.09. The van der Waals surface area contributed by atoms with Gasteiger partial charge < -0.3 is 15.4 Å². The SMILES string of the molecule is CC(C)CNC(=O)NC(=O)COC(=O)CN1C(=O)N[C@@](C)(c2ccccc2)C1=O. The summed E-state index contributed by atoms with van der Waals surface area (Å²) in [5.41, 5.74) is -0.731. The number of nitrogens with one attached hydrogen (secondary N) is 3. The molecule has 2 rings (SSSR count). The molecule has 1 heterocycles. The summed E-state index contributed by atoms with van der Waals surface area (Å²) in [6.07, 6.45) is 0. The Hall–Kier alpha value is -3.43. The predicted molar refractivity (Wildman–Crippen MR) is 101 cm³/mol. The van der Waals surface area contributed by atoms with E-state index in [0.29, 0.717) is 12.1 Å². The van der Waals surface area contributed by atoms with Gasteiger partial charge in [-0.3, -0.25) is 24.6 Å². The first kappa shape index (κ1) is 21.9. The summed E-state index contributed by atoms with van der Waals surface area (Å²) in [4.78, 5) is 60.7. The van der Waals surface area contributed by atoms with Gasteiger partial charge in [0.25, 0.3) is 11.8 Å². The minimum Gasteiger partial charge on any atom is -0.454 e. The molecule has 1 atom stereocenters. The van der Waals surface area contributed by atoms with E-state index in [0.717, 1.165) is 4.90 Å². The molecule has 29 heavy (non-hydrogen) atoms. The molecule has 0 spiro atoms. The summed E-state index contributed by atoms with van der Waals surface area (Å²) >= 11 is 0. The summed E-state index contributed by atoms with van der Waals surface area (Å²) in [6, 6.07) is 7.17. The number of carbonyl (C=O) groups excluding carboxylic acids is 5. The van der Waals surface area contributed by atoms with Crippen LogP contribution in [0.5, 0.6) is 0 Å². The maximum Gasteiger partial charge on any atom is 0.326 e. The molecule has 0 aromatic heterocycles. The zero-order chi connectivity index (χ0) is 21.6.